The summed E-state index contributed by atoms with van der Waals surface area (Å²) in [6, 6.07) is 3.64. The fraction of sp³-hybridized carbons (Fsp3) is 0.500. The average Bonchev–Trinajstić information content (AvgIpc) is 2.28. The minimum Gasteiger partial charge on any atom is -0.326 e. The Labute approximate surface area is 107 Å². The van der Waals surface area contributed by atoms with Crippen LogP contribution in [0.5, 0.6) is 0 Å². The largest absolute Gasteiger partial charge is 0.326 e. The normalized spacial score (nSPS) is 12.1. The molecule has 0 saturated heterocycles. The second-order valence-corrected chi connectivity index (χ2v) is 6.30. The van der Waals surface area contributed by atoms with Crippen molar-refractivity contribution in [3.8, 4) is 0 Å². The smallest absolute Gasteiger partial charge is 0.240 e. The first-order chi connectivity index (χ1) is 8.36. The summed E-state index contributed by atoms with van der Waals surface area (Å²) in [5, 5.41) is 0. The van der Waals surface area contributed by atoms with Gasteiger partial charge < -0.3 is 5.73 Å². The molecule has 1 aromatic carbocycles. The molecule has 0 amide bonds. The van der Waals surface area contributed by atoms with Gasteiger partial charge in [0, 0.05) is 18.7 Å². The SMILES string of the molecule is CC(C)CCNS(=O)(=O)c1ccc(F)c(CN)c1. The molecule has 0 unspecified atom stereocenters. The van der Waals surface area contributed by atoms with E-state index in [0.717, 1.165) is 12.5 Å². The number of nitrogens with one attached hydrogen (secondary N) is 1. The first-order valence-corrected chi connectivity index (χ1v) is 7.33. The molecular weight excluding hydrogens is 255 g/mol. The van der Waals surface area contributed by atoms with Crippen molar-refractivity contribution >= 4 is 10.0 Å². The van der Waals surface area contributed by atoms with Crippen LogP contribution in [-0.2, 0) is 16.6 Å². The predicted molar refractivity (Wildman–Crippen MR) is 68.9 cm³/mol. The van der Waals surface area contributed by atoms with Crippen molar-refractivity contribution < 1.29 is 12.8 Å². The van der Waals surface area contributed by atoms with Crippen molar-refractivity contribution in [2.24, 2.45) is 11.7 Å². The van der Waals surface area contributed by atoms with Gasteiger partial charge in [0.05, 0.1) is 4.90 Å². The molecule has 102 valence electrons. The number of halogens is 1. The van der Waals surface area contributed by atoms with E-state index < -0.39 is 15.8 Å². The van der Waals surface area contributed by atoms with Gasteiger partial charge in [0.15, 0.2) is 0 Å². The maximum absolute atomic E-state index is 13.2. The predicted octanol–water partition coefficient (Wildman–Crippen LogP) is 1.61. The van der Waals surface area contributed by atoms with Crippen LogP contribution < -0.4 is 10.5 Å². The molecule has 0 aliphatic rings. The summed E-state index contributed by atoms with van der Waals surface area (Å²) in [7, 11) is -3.58. The lowest BCUT2D eigenvalue weighted by Gasteiger charge is -2.09. The molecule has 6 heteroatoms. The van der Waals surface area contributed by atoms with Gasteiger partial charge in [0.1, 0.15) is 5.82 Å². The standard InChI is InChI=1S/C12H19FN2O2S/c1-9(2)5-6-15-18(16,17)11-3-4-12(13)10(7-11)8-14/h3-4,7,9,15H,5-6,8,14H2,1-2H3. The summed E-state index contributed by atoms with van der Waals surface area (Å²) in [5.74, 6) is -0.0702. The van der Waals surface area contributed by atoms with E-state index in [1.54, 1.807) is 0 Å². The second kappa shape index (κ2) is 6.26. The summed E-state index contributed by atoms with van der Waals surface area (Å²) in [6.07, 6.45) is 0.754. The fourth-order valence-electron chi connectivity index (χ4n) is 1.44. The molecule has 3 N–H and O–H groups in total. The van der Waals surface area contributed by atoms with Gasteiger partial charge in [-0.25, -0.2) is 17.5 Å². The summed E-state index contributed by atoms with van der Waals surface area (Å²) < 4.78 is 39.5. The maximum Gasteiger partial charge on any atom is 0.240 e. The molecule has 0 radical (unpaired) electrons. The molecule has 0 saturated carbocycles. The molecule has 0 aliphatic carbocycles. The van der Waals surface area contributed by atoms with Gasteiger partial charge in [-0.1, -0.05) is 13.8 Å². The zero-order valence-corrected chi connectivity index (χ0v) is 11.4. The van der Waals surface area contributed by atoms with Crippen LogP contribution in [0, 0.1) is 11.7 Å². The highest BCUT2D eigenvalue weighted by Gasteiger charge is 2.15. The van der Waals surface area contributed by atoms with E-state index in [1.807, 2.05) is 13.8 Å². The Kier molecular flexibility index (Phi) is 5.25. The molecule has 4 nitrogen and oxygen atoms in total. The van der Waals surface area contributed by atoms with Gasteiger partial charge in [0.2, 0.25) is 10.0 Å². The van der Waals surface area contributed by atoms with Gasteiger partial charge in [-0.05, 0) is 30.5 Å². The Bertz CT molecular complexity index is 501. The third kappa shape index (κ3) is 4.04. The van der Waals surface area contributed by atoms with Gasteiger partial charge >= 0.3 is 0 Å². The molecule has 1 aromatic rings. The minimum atomic E-state index is -3.58. The highest BCUT2D eigenvalue weighted by Crippen LogP contribution is 2.14. The Hall–Kier alpha value is -0.980. The Balaban J connectivity index is 2.85. The van der Waals surface area contributed by atoms with Crippen molar-refractivity contribution in [1.82, 2.24) is 4.72 Å². The highest BCUT2D eigenvalue weighted by molar-refractivity contribution is 7.89. The molecule has 0 fully saturated rings. The monoisotopic (exact) mass is 274 g/mol. The van der Waals surface area contributed by atoms with Crippen molar-refractivity contribution in [2.45, 2.75) is 31.7 Å². The van der Waals surface area contributed by atoms with E-state index in [4.69, 9.17) is 5.73 Å². The highest BCUT2D eigenvalue weighted by atomic mass is 32.2. The first kappa shape index (κ1) is 15.1. The van der Waals surface area contributed by atoms with Crippen LogP contribution in [0.15, 0.2) is 23.1 Å². The van der Waals surface area contributed by atoms with Crippen LogP contribution in [-0.4, -0.2) is 15.0 Å². The molecule has 0 aliphatic heterocycles. The van der Waals surface area contributed by atoms with Crippen LogP contribution in [0.2, 0.25) is 0 Å². The lowest BCUT2D eigenvalue weighted by atomic mass is 10.1. The lowest BCUT2D eigenvalue weighted by molar-refractivity contribution is 0.551. The van der Waals surface area contributed by atoms with E-state index >= 15 is 0 Å². The second-order valence-electron chi connectivity index (χ2n) is 4.54. The molecule has 1 rings (SSSR count). The van der Waals surface area contributed by atoms with E-state index in [9.17, 15) is 12.8 Å². The van der Waals surface area contributed by atoms with Gasteiger partial charge in [0.25, 0.3) is 0 Å². The maximum atomic E-state index is 13.2. The molecular formula is C12H19FN2O2S. The van der Waals surface area contributed by atoms with Crippen LogP contribution in [0.3, 0.4) is 0 Å². The summed E-state index contributed by atoms with van der Waals surface area (Å²) in [5.41, 5.74) is 5.54. The Morgan fingerprint density at radius 1 is 1.39 bits per heavy atom. The third-order valence-corrected chi connectivity index (χ3v) is 4.02. The zero-order chi connectivity index (χ0) is 13.8. The van der Waals surface area contributed by atoms with Gasteiger partial charge in [-0.2, -0.15) is 0 Å². The van der Waals surface area contributed by atoms with E-state index in [0.29, 0.717) is 12.5 Å². The summed E-state index contributed by atoms with van der Waals surface area (Å²) in [6.45, 7) is 4.37. The van der Waals surface area contributed by atoms with Gasteiger partial charge in [-0.15, -0.1) is 0 Å². The van der Waals surface area contributed by atoms with Crippen LogP contribution in [0.1, 0.15) is 25.8 Å². The van der Waals surface area contributed by atoms with E-state index in [-0.39, 0.29) is 17.0 Å². The quantitative estimate of drug-likeness (QED) is 0.827. The van der Waals surface area contributed by atoms with Crippen molar-refractivity contribution in [3.63, 3.8) is 0 Å². The van der Waals surface area contributed by atoms with Crippen LogP contribution >= 0.6 is 0 Å². The molecule has 0 spiro atoms. The van der Waals surface area contributed by atoms with E-state index in [1.165, 1.54) is 12.1 Å². The third-order valence-electron chi connectivity index (χ3n) is 2.56. The zero-order valence-electron chi connectivity index (χ0n) is 10.6. The first-order valence-electron chi connectivity index (χ1n) is 5.85. The number of hydrogen-bond donors (Lipinski definition) is 2. The molecule has 0 aromatic heterocycles. The number of rotatable bonds is 6. The topological polar surface area (TPSA) is 72.2 Å². The molecule has 0 bridgehead atoms. The number of nitrogens with two attached hydrogens (primary N) is 1. The Morgan fingerprint density at radius 3 is 2.61 bits per heavy atom. The van der Waals surface area contributed by atoms with Crippen molar-refractivity contribution in [2.75, 3.05) is 6.54 Å². The minimum absolute atomic E-state index is 0.0266. The fourth-order valence-corrected chi connectivity index (χ4v) is 2.54. The van der Waals surface area contributed by atoms with Crippen LogP contribution in [0.4, 0.5) is 4.39 Å². The lowest BCUT2D eigenvalue weighted by Crippen LogP contribution is -2.25. The van der Waals surface area contributed by atoms with Crippen LogP contribution in [0.25, 0.3) is 0 Å². The summed E-state index contributed by atoms with van der Waals surface area (Å²) in [4.78, 5) is 0.0492. The average molecular weight is 274 g/mol. The molecule has 18 heavy (non-hydrogen) atoms. The van der Waals surface area contributed by atoms with Crippen molar-refractivity contribution in [3.05, 3.63) is 29.6 Å². The number of hydrogen-bond acceptors (Lipinski definition) is 3. The number of benzene rings is 1. The molecule has 0 atom stereocenters. The summed E-state index contributed by atoms with van der Waals surface area (Å²) >= 11 is 0. The van der Waals surface area contributed by atoms with Gasteiger partial charge in [-0.3, -0.25) is 0 Å². The van der Waals surface area contributed by atoms with E-state index in [2.05, 4.69) is 4.72 Å². The molecule has 0 heterocycles. The van der Waals surface area contributed by atoms with Crippen molar-refractivity contribution in [1.29, 1.82) is 0 Å². The Morgan fingerprint density at radius 2 is 2.06 bits per heavy atom. The number of sulfonamides is 1.